The molecular weight excluding hydrogens is 336 g/mol. The number of aromatic nitrogens is 3. The van der Waals surface area contributed by atoms with Crippen LogP contribution in [-0.2, 0) is 13.5 Å². The van der Waals surface area contributed by atoms with Crippen LogP contribution in [0.1, 0.15) is 41.7 Å². The van der Waals surface area contributed by atoms with Gasteiger partial charge in [0.05, 0.1) is 0 Å². The second-order valence-corrected chi connectivity index (χ2v) is 7.99. The maximum Gasteiger partial charge on any atom is 0.272 e. The fraction of sp³-hybridized carbons (Fsp3) is 0.409. The lowest BCUT2D eigenvalue weighted by Crippen LogP contribution is -2.47. The monoisotopic (exact) mass is 360 g/mol. The van der Waals surface area contributed by atoms with Gasteiger partial charge in [-0.15, -0.1) is 0 Å². The Balaban J connectivity index is 1.36. The van der Waals surface area contributed by atoms with Crippen molar-refractivity contribution in [2.24, 2.45) is 13.0 Å². The van der Waals surface area contributed by atoms with Crippen LogP contribution in [0.5, 0.6) is 0 Å². The number of nitrogens with zero attached hydrogens (tertiary/aromatic N) is 4. The van der Waals surface area contributed by atoms with E-state index in [0.29, 0.717) is 23.7 Å². The van der Waals surface area contributed by atoms with Crippen LogP contribution in [-0.4, -0.2) is 37.7 Å². The molecule has 138 valence electrons. The number of hydrogen-bond acceptors (Lipinski definition) is 3. The first-order chi connectivity index (χ1) is 13.2. The quantitative estimate of drug-likeness (QED) is 0.717. The first-order valence-electron chi connectivity index (χ1n) is 9.83. The minimum absolute atomic E-state index is 0.148. The van der Waals surface area contributed by atoms with Crippen molar-refractivity contribution >= 4 is 16.7 Å². The average molecular weight is 360 g/mol. The van der Waals surface area contributed by atoms with Gasteiger partial charge in [-0.05, 0) is 61.1 Å². The first-order valence-corrected chi connectivity index (χ1v) is 9.83. The summed E-state index contributed by atoms with van der Waals surface area (Å²) in [4.78, 5) is 19.5. The molecule has 27 heavy (non-hydrogen) atoms. The molecule has 3 aromatic rings. The molecule has 2 fully saturated rings. The van der Waals surface area contributed by atoms with E-state index >= 15 is 0 Å². The van der Waals surface area contributed by atoms with E-state index in [1.54, 1.807) is 10.9 Å². The lowest BCUT2D eigenvalue weighted by atomic mass is 9.84. The molecule has 2 aliphatic rings. The summed E-state index contributed by atoms with van der Waals surface area (Å²) in [6.07, 6.45) is 11.1. The minimum atomic E-state index is 0.148. The Morgan fingerprint density at radius 1 is 1.11 bits per heavy atom. The molecule has 0 N–H and O–H groups in total. The van der Waals surface area contributed by atoms with Crippen LogP contribution in [0.2, 0.25) is 0 Å². The topological polar surface area (TPSA) is 51.0 Å². The lowest BCUT2D eigenvalue weighted by molar-refractivity contribution is 0.0513. The molecule has 0 saturated carbocycles. The fourth-order valence-corrected chi connectivity index (χ4v) is 5.17. The third-order valence-electron chi connectivity index (χ3n) is 6.39. The number of carbonyl (C=O) groups excluding carboxylic acids is 1. The number of benzene rings is 1. The number of piperidine rings is 1. The highest BCUT2D eigenvalue weighted by molar-refractivity contribution is 5.93. The normalized spacial score (nSPS) is 24.5. The van der Waals surface area contributed by atoms with Gasteiger partial charge >= 0.3 is 0 Å². The van der Waals surface area contributed by atoms with Crippen molar-refractivity contribution < 1.29 is 4.79 Å². The molecule has 2 bridgehead atoms. The van der Waals surface area contributed by atoms with E-state index in [9.17, 15) is 4.79 Å². The Bertz CT molecular complexity index is 975. The molecule has 2 saturated heterocycles. The van der Waals surface area contributed by atoms with Crippen molar-refractivity contribution in [3.8, 4) is 0 Å². The fourth-order valence-electron chi connectivity index (χ4n) is 5.17. The number of hydrogen-bond donors (Lipinski definition) is 0. The highest BCUT2D eigenvalue weighted by Crippen LogP contribution is 2.41. The summed E-state index contributed by atoms with van der Waals surface area (Å²) in [7, 11) is 1.84. The summed E-state index contributed by atoms with van der Waals surface area (Å²) in [5.74, 6) is 0.777. The van der Waals surface area contributed by atoms with Gasteiger partial charge in [-0.2, -0.15) is 5.10 Å². The van der Waals surface area contributed by atoms with Gasteiger partial charge < -0.3 is 4.90 Å². The van der Waals surface area contributed by atoms with Gasteiger partial charge in [0.2, 0.25) is 0 Å². The van der Waals surface area contributed by atoms with Crippen molar-refractivity contribution in [1.82, 2.24) is 19.7 Å². The third-order valence-corrected chi connectivity index (χ3v) is 6.39. The highest BCUT2D eigenvalue weighted by atomic mass is 16.2. The second kappa shape index (κ2) is 6.48. The largest absolute Gasteiger partial charge is 0.331 e. The second-order valence-electron chi connectivity index (χ2n) is 7.99. The van der Waals surface area contributed by atoms with Gasteiger partial charge in [0.15, 0.2) is 0 Å². The van der Waals surface area contributed by atoms with Crippen LogP contribution in [0, 0.1) is 5.92 Å². The van der Waals surface area contributed by atoms with Gasteiger partial charge in [0, 0.05) is 43.1 Å². The zero-order valence-electron chi connectivity index (χ0n) is 15.6. The van der Waals surface area contributed by atoms with Gasteiger partial charge in [0.25, 0.3) is 5.91 Å². The molecule has 2 unspecified atom stereocenters. The predicted octanol–water partition coefficient (Wildman–Crippen LogP) is 3.59. The molecule has 5 rings (SSSR count). The number of amides is 1. The predicted molar refractivity (Wildman–Crippen MR) is 104 cm³/mol. The van der Waals surface area contributed by atoms with Gasteiger partial charge in [-0.25, -0.2) is 0 Å². The van der Waals surface area contributed by atoms with Crippen LogP contribution in [0.3, 0.4) is 0 Å². The molecule has 5 nitrogen and oxygen atoms in total. The molecule has 0 aliphatic carbocycles. The van der Waals surface area contributed by atoms with Gasteiger partial charge in [-0.1, -0.05) is 18.2 Å². The zero-order valence-corrected chi connectivity index (χ0v) is 15.6. The van der Waals surface area contributed by atoms with E-state index in [0.717, 1.165) is 32.1 Å². The molecule has 1 aromatic carbocycles. The van der Waals surface area contributed by atoms with E-state index < -0.39 is 0 Å². The Morgan fingerprint density at radius 3 is 2.67 bits per heavy atom. The van der Waals surface area contributed by atoms with Crippen LogP contribution < -0.4 is 0 Å². The summed E-state index contributed by atoms with van der Waals surface area (Å²) in [6, 6.07) is 11.2. The lowest BCUT2D eigenvalue weighted by Gasteiger charge is -2.39. The summed E-state index contributed by atoms with van der Waals surface area (Å²) >= 11 is 0. The van der Waals surface area contributed by atoms with Gasteiger partial charge in [0.1, 0.15) is 5.69 Å². The molecule has 1 amide bonds. The molecule has 2 atom stereocenters. The molecule has 0 radical (unpaired) electrons. The summed E-state index contributed by atoms with van der Waals surface area (Å²) < 4.78 is 1.69. The van der Waals surface area contributed by atoms with Crippen molar-refractivity contribution in [3.63, 3.8) is 0 Å². The Hall–Kier alpha value is -2.69. The Morgan fingerprint density at radius 2 is 1.93 bits per heavy atom. The van der Waals surface area contributed by atoms with Crippen LogP contribution in [0.4, 0.5) is 0 Å². The zero-order chi connectivity index (χ0) is 18.4. The maximum absolute atomic E-state index is 13.0. The molecule has 2 aromatic heterocycles. The number of rotatable bonds is 3. The summed E-state index contributed by atoms with van der Waals surface area (Å²) in [5.41, 5.74) is 2.09. The number of carbonyl (C=O) groups is 1. The first kappa shape index (κ1) is 16.5. The Labute approximate surface area is 159 Å². The van der Waals surface area contributed by atoms with E-state index in [2.05, 4.69) is 39.2 Å². The molecular formula is C22H24N4O. The minimum Gasteiger partial charge on any atom is -0.331 e. The van der Waals surface area contributed by atoms with E-state index in [4.69, 9.17) is 0 Å². The van der Waals surface area contributed by atoms with Crippen LogP contribution >= 0.6 is 0 Å². The third kappa shape index (κ3) is 2.82. The Kier molecular flexibility index (Phi) is 3.96. The summed E-state index contributed by atoms with van der Waals surface area (Å²) in [6.45, 7) is 0. The standard InChI is InChI=1S/C22H24N4O/c1-25-21(8-10-24-25)22(27)26-18-5-6-19(26)13-15(12-18)11-17-4-2-3-16-7-9-23-14-20(16)17/h2-4,7-10,14-15,18-19H,5-6,11-13H2,1H3. The van der Waals surface area contributed by atoms with E-state index in [1.807, 2.05) is 25.5 Å². The molecule has 2 aliphatic heterocycles. The van der Waals surface area contributed by atoms with E-state index in [-0.39, 0.29) is 5.91 Å². The molecule has 4 heterocycles. The maximum atomic E-state index is 13.0. The van der Waals surface area contributed by atoms with Crippen molar-refractivity contribution in [2.45, 2.75) is 44.2 Å². The average Bonchev–Trinajstić information content (AvgIpc) is 3.22. The SMILES string of the molecule is Cn1nccc1C(=O)N1C2CCC1CC(Cc1cccc3ccncc13)C2. The van der Waals surface area contributed by atoms with Crippen LogP contribution in [0.15, 0.2) is 48.9 Å². The number of fused-ring (bicyclic) bond motifs is 3. The highest BCUT2D eigenvalue weighted by Gasteiger charge is 2.43. The summed E-state index contributed by atoms with van der Waals surface area (Å²) in [5, 5.41) is 6.69. The van der Waals surface area contributed by atoms with Crippen molar-refractivity contribution in [1.29, 1.82) is 0 Å². The van der Waals surface area contributed by atoms with E-state index in [1.165, 1.54) is 16.3 Å². The molecule has 0 spiro atoms. The molecule has 5 heteroatoms. The van der Waals surface area contributed by atoms with Crippen molar-refractivity contribution in [3.05, 3.63) is 60.2 Å². The smallest absolute Gasteiger partial charge is 0.272 e. The van der Waals surface area contributed by atoms with Gasteiger partial charge in [-0.3, -0.25) is 14.5 Å². The number of aryl methyl sites for hydroxylation is 1. The van der Waals surface area contributed by atoms with Crippen molar-refractivity contribution in [2.75, 3.05) is 0 Å². The van der Waals surface area contributed by atoms with Crippen LogP contribution in [0.25, 0.3) is 10.8 Å². The number of pyridine rings is 1.